The van der Waals surface area contributed by atoms with Crippen molar-refractivity contribution in [2.24, 2.45) is 5.73 Å². The lowest BCUT2D eigenvalue weighted by atomic mass is 10.2. The van der Waals surface area contributed by atoms with Crippen LogP contribution in [0.2, 0.25) is 0 Å². The summed E-state index contributed by atoms with van der Waals surface area (Å²) in [6, 6.07) is 12.4. The maximum absolute atomic E-state index is 6.10. The molecular formula is C14H17NOS2. The monoisotopic (exact) mass is 279 g/mol. The molecule has 18 heavy (non-hydrogen) atoms. The van der Waals surface area contributed by atoms with Gasteiger partial charge in [0.2, 0.25) is 0 Å². The van der Waals surface area contributed by atoms with Gasteiger partial charge in [0.1, 0.15) is 5.75 Å². The second-order valence-corrected chi connectivity index (χ2v) is 6.29. The highest BCUT2D eigenvalue weighted by atomic mass is 32.2. The van der Waals surface area contributed by atoms with E-state index in [0.717, 1.165) is 5.75 Å². The Labute approximate surface area is 116 Å². The zero-order valence-electron chi connectivity index (χ0n) is 10.5. The molecule has 2 unspecified atom stereocenters. The van der Waals surface area contributed by atoms with Crippen molar-refractivity contribution in [1.82, 2.24) is 0 Å². The standard InChI is InChI=1S/C14H17NOS2/c1-10(15)14(13-7-4-8-17-13)18-12-6-3-5-11(9-12)16-2/h3-10,14H,15H2,1-2H3. The van der Waals surface area contributed by atoms with E-state index in [0.29, 0.717) is 0 Å². The molecule has 0 bridgehead atoms. The van der Waals surface area contributed by atoms with Gasteiger partial charge in [0, 0.05) is 15.8 Å². The van der Waals surface area contributed by atoms with Gasteiger partial charge in [-0.15, -0.1) is 23.1 Å². The fraction of sp³-hybridized carbons (Fsp3) is 0.286. The molecule has 2 nitrogen and oxygen atoms in total. The SMILES string of the molecule is COc1cccc(SC(c2cccs2)C(C)N)c1. The quantitative estimate of drug-likeness (QED) is 0.842. The Morgan fingerprint density at radius 1 is 1.28 bits per heavy atom. The van der Waals surface area contributed by atoms with E-state index in [2.05, 4.69) is 30.5 Å². The largest absolute Gasteiger partial charge is 0.497 e. The van der Waals surface area contributed by atoms with Gasteiger partial charge in [-0.05, 0) is 36.6 Å². The molecule has 0 aliphatic heterocycles. The van der Waals surface area contributed by atoms with E-state index >= 15 is 0 Å². The van der Waals surface area contributed by atoms with Crippen LogP contribution in [0.3, 0.4) is 0 Å². The van der Waals surface area contributed by atoms with Crippen molar-refractivity contribution in [3.05, 3.63) is 46.7 Å². The highest BCUT2D eigenvalue weighted by molar-refractivity contribution is 7.99. The predicted octanol–water partition coefficient (Wildman–Crippen LogP) is 3.94. The molecule has 0 aliphatic rings. The van der Waals surface area contributed by atoms with Crippen molar-refractivity contribution in [1.29, 1.82) is 0 Å². The number of ether oxygens (including phenoxy) is 1. The van der Waals surface area contributed by atoms with Gasteiger partial charge >= 0.3 is 0 Å². The first-order valence-electron chi connectivity index (χ1n) is 5.80. The van der Waals surface area contributed by atoms with Gasteiger partial charge in [-0.25, -0.2) is 0 Å². The van der Waals surface area contributed by atoms with E-state index in [-0.39, 0.29) is 11.3 Å². The number of rotatable bonds is 5. The van der Waals surface area contributed by atoms with Crippen LogP contribution in [-0.4, -0.2) is 13.2 Å². The lowest BCUT2D eigenvalue weighted by Gasteiger charge is -2.19. The van der Waals surface area contributed by atoms with Gasteiger partial charge in [0.15, 0.2) is 0 Å². The highest BCUT2D eigenvalue weighted by Gasteiger charge is 2.18. The molecular weight excluding hydrogens is 262 g/mol. The van der Waals surface area contributed by atoms with Crippen LogP contribution in [0.4, 0.5) is 0 Å². The second kappa shape index (κ2) is 6.27. The van der Waals surface area contributed by atoms with Crippen LogP contribution in [0.25, 0.3) is 0 Å². The lowest BCUT2D eigenvalue weighted by molar-refractivity contribution is 0.413. The normalized spacial score (nSPS) is 14.2. The second-order valence-electron chi connectivity index (χ2n) is 4.09. The van der Waals surface area contributed by atoms with Crippen LogP contribution < -0.4 is 10.5 Å². The zero-order valence-corrected chi connectivity index (χ0v) is 12.1. The number of methoxy groups -OCH3 is 1. The van der Waals surface area contributed by atoms with Crippen LogP contribution in [0.15, 0.2) is 46.7 Å². The Morgan fingerprint density at radius 3 is 2.72 bits per heavy atom. The minimum atomic E-state index is 0.111. The maximum atomic E-state index is 6.10. The minimum Gasteiger partial charge on any atom is -0.497 e. The smallest absolute Gasteiger partial charge is 0.119 e. The van der Waals surface area contributed by atoms with Crippen molar-refractivity contribution in [3.63, 3.8) is 0 Å². The van der Waals surface area contributed by atoms with Crippen LogP contribution in [0.5, 0.6) is 5.75 Å². The van der Waals surface area contributed by atoms with Crippen LogP contribution in [0.1, 0.15) is 17.1 Å². The van der Waals surface area contributed by atoms with Crippen LogP contribution >= 0.6 is 23.1 Å². The molecule has 0 spiro atoms. The molecule has 2 N–H and O–H groups in total. The van der Waals surface area contributed by atoms with Crippen molar-refractivity contribution in [2.75, 3.05) is 7.11 Å². The first kappa shape index (κ1) is 13.5. The summed E-state index contributed by atoms with van der Waals surface area (Å²) in [6.07, 6.45) is 0. The summed E-state index contributed by atoms with van der Waals surface area (Å²) in [7, 11) is 1.69. The van der Waals surface area contributed by atoms with E-state index in [4.69, 9.17) is 10.5 Å². The van der Waals surface area contributed by atoms with E-state index < -0.39 is 0 Å². The van der Waals surface area contributed by atoms with E-state index in [1.165, 1.54) is 9.77 Å². The molecule has 0 radical (unpaired) electrons. The number of hydrogen-bond acceptors (Lipinski definition) is 4. The first-order chi connectivity index (χ1) is 8.70. The van der Waals surface area contributed by atoms with Gasteiger partial charge in [0.05, 0.1) is 12.4 Å². The van der Waals surface area contributed by atoms with E-state index in [1.54, 1.807) is 30.2 Å². The summed E-state index contributed by atoms with van der Waals surface area (Å²) in [5, 5.41) is 2.38. The van der Waals surface area contributed by atoms with Gasteiger partial charge in [0.25, 0.3) is 0 Å². The van der Waals surface area contributed by atoms with Gasteiger partial charge in [-0.1, -0.05) is 12.1 Å². The van der Waals surface area contributed by atoms with Gasteiger partial charge in [-0.3, -0.25) is 0 Å². The third-order valence-corrected chi connectivity index (χ3v) is 5.17. The Kier molecular flexibility index (Phi) is 4.69. The Bertz CT molecular complexity index is 482. The molecule has 0 fully saturated rings. The molecule has 96 valence electrons. The number of thioether (sulfide) groups is 1. The summed E-state index contributed by atoms with van der Waals surface area (Å²) >= 11 is 3.55. The highest BCUT2D eigenvalue weighted by Crippen LogP contribution is 2.39. The molecule has 1 aromatic heterocycles. The molecule has 2 aromatic rings. The third kappa shape index (κ3) is 3.28. The molecule has 0 amide bonds. The number of benzene rings is 1. The summed E-state index contributed by atoms with van der Waals surface area (Å²) in [4.78, 5) is 2.50. The first-order valence-corrected chi connectivity index (χ1v) is 7.56. The van der Waals surface area contributed by atoms with Crippen molar-refractivity contribution in [2.45, 2.75) is 23.1 Å². The number of hydrogen-bond donors (Lipinski definition) is 1. The fourth-order valence-corrected chi connectivity index (χ4v) is 3.87. The number of thiophene rings is 1. The number of nitrogens with two attached hydrogens (primary N) is 1. The average molecular weight is 279 g/mol. The minimum absolute atomic E-state index is 0.111. The van der Waals surface area contributed by atoms with E-state index in [9.17, 15) is 0 Å². The maximum Gasteiger partial charge on any atom is 0.119 e. The van der Waals surface area contributed by atoms with Crippen LogP contribution in [-0.2, 0) is 0 Å². The molecule has 4 heteroatoms. The molecule has 0 saturated carbocycles. The molecule has 0 saturated heterocycles. The topological polar surface area (TPSA) is 35.2 Å². The Balaban J connectivity index is 2.18. The molecule has 1 aromatic carbocycles. The van der Waals surface area contributed by atoms with Crippen molar-refractivity contribution in [3.8, 4) is 5.75 Å². The van der Waals surface area contributed by atoms with Crippen molar-refractivity contribution < 1.29 is 4.74 Å². The van der Waals surface area contributed by atoms with Gasteiger partial charge < -0.3 is 10.5 Å². The Morgan fingerprint density at radius 2 is 2.11 bits per heavy atom. The molecule has 2 rings (SSSR count). The lowest BCUT2D eigenvalue weighted by Crippen LogP contribution is -2.21. The zero-order chi connectivity index (χ0) is 13.0. The Hall–Kier alpha value is -0.970. The summed E-state index contributed by atoms with van der Waals surface area (Å²) in [5.74, 6) is 0.884. The van der Waals surface area contributed by atoms with Crippen molar-refractivity contribution >= 4 is 23.1 Å². The van der Waals surface area contributed by atoms with Crippen LogP contribution in [0, 0.1) is 0 Å². The average Bonchev–Trinajstić information content (AvgIpc) is 2.89. The fourth-order valence-electron chi connectivity index (χ4n) is 1.70. The summed E-state index contributed by atoms with van der Waals surface area (Å²) in [6.45, 7) is 2.05. The molecule has 0 aliphatic carbocycles. The van der Waals surface area contributed by atoms with E-state index in [1.807, 2.05) is 18.2 Å². The summed E-state index contributed by atoms with van der Waals surface area (Å²) < 4.78 is 5.25. The van der Waals surface area contributed by atoms with Gasteiger partial charge in [-0.2, -0.15) is 0 Å². The third-order valence-electron chi connectivity index (χ3n) is 2.61. The molecule has 1 heterocycles. The molecule has 2 atom stereocenters. The summed E-state index contributed by atoms with van der Waals surface area (Å²) in [5.41, 5.74) is 6.10. The predicted molar refractivity (Wildman–Crippen MR) is 79.6 cm³/mol.